The maximum absolute atomic E-state index is 13.0. The summed E-state index contributed by atoms with van der Waals surface area (Å²) in [6.07, 6.45) is 1.70. The zero-order valence-corrected chi connectivity index (χ0v) is 17.5. The van der Waals surface area contributed by atoms with Crippen molar-refractivity contribution in [1.82, 2.24) is 5.32 Å². The van der Waals surface area contributed by atoms with Gasteiger partial charge in [0.15, 0.2) is 11.5 Å². The maximum Gasteiger partial charge on any atom is 0.255 e. The van der Waals surface area contributed by atoms with Crippen molar-refractivity contribution < 1.29 is 14.3 Å². The predicted molar refractivity (Wildman–Crippen MR) is 117 cm³/mol. The quantitative estimate of drug-likeness (QED) is 0.683. The second kappa shape index (κ2) is 6.77. The molecule has 0 aliphatic carbocycles. The number of carbonyl (C=O) groups excluding carboxylic acids is 1. The number of benzene rings is 2. The number of rotatable bonds is 3. The van der Waals surface area contributed by atoms with E-state index in [4.69, 9.17) is 9.47 Å². The van der Waals surface area contributed by atoms with Gasteiger partial charge in [0.05, 0.1) is 5.56 Å². The molecule has 1 amide bonds. The van der Waals surface area contributed by atoms with Crippen LogP contribution in [-0.4, -0.2) is 18.9 Å². The number of thiophene rings is 1. The average molecular weight is 419 g/mol. The number of nitrogens with one attached hydrogen (secondary N) is 1. The van der Waals surface area contributed by atoms with Gasteiger partial charge >= 0.3 is 0 Å². The lowest BCUT2D eigenvalue weighted by atomic mass is 9.82. The second-order valence-corrected chi connectivity index (χ2v) is 9.14. The third-order valence-electron chi connectivity index (χ3n) is 6.30. The zero-order chi connectivity index (χ0) is 20.2. The molecule has 0 spiro atoms. The van der Waals surface area contributed by atoms with Crippen LogP contribution in [0.2, 0.25) is 0 Å². The normalized spacial score (nSPS) is 21.0. The third kappa shape index (κ3) is 2.70. The summed E-state index contributed by atoms with van der Waals surface area (Å²) in [6.45, 7) is 3.23. The SMILES string of the molecule is CCc1cc2c(s1)N1Cc3ccccc3C(Cc3ccc4c(c3)OCO4)C1NC2=O. The van der Waals surface area contributed by atoms with Gasteiger partial charge in [-0.15, -0.1) is 11.3 Å². The first-order valence-corrected chi connectivity index (χ1v) is 11.2. The van der Waals surface area contributed by atoms with Gasteiger partial charge in [-0.1, -0.05) is 37.3 Å². The van der Waals surface area contributed by atoms with Crippen LogP contribution in [-0.2, 0) is 19.4 Å². The second-order valence-electron chi connectivity index (χ2n) is 8.03. The minimum Gasteiger partial charge on any atom is -0.454 e. The lowest BCUT2D eigenvalue weighted by molar-refractivity contribution is 0.0917. The van der Waals surface area contributed by atoms with Crippen molar-refractivity contribution in [2.24, 2.45) is 0 Å². The Labute approximate surface area is 179 Å². The van der Waals surface area contributed by atoms with Gasteiger partial charge < -0.3 is 19.7 Å². The summed E-state index contributed by atoms with van der Waals surface area (Å²) in [6, 6.07) is 16.8. The van der Waals surface area contributed by atoms with Crippen LogP contribution in [0.5, 0.6) is 11.5 Å². The van der Waals surface area contributed by atoms with Crippen molar-refractivity contribution in [3.05, 3.63) is 75.7 Å². The molecule has 6 rings (SSSR count). The Morgan fingerprint density at radius 2 is 2.00 bits per heavy atom. The number of ether oxygens (including phenoxy) is 2. The highest BCUT2D eigenvalue weighted by molar-refractivity contribution is 7.16. The van der Waals surface area contributed by atoms with Gasteiger partial charge in [0, 0.05) is 17.3 Å². The van der Waals surface area contributed by atoms with E-state index in [1.807, 2.05) is 6.07 Å². The van der Waals surface area contributed by atoms with Gasteiger partial charge in [-0.05, 0) is 47.7 Å². The molecule has 152 valence electrons. The molecule has 0 bridgehead atoms. The van der Waals surface area contributed by atoms with Gasteiger partial charge in [0.25, 0.3) is 5.91 Å². The molecule has 3 aromatic rings. The number of amides is 1. The highest BCUT2D eigenvalue weighted by Gasteiger charge is 2.41. The highest BCUT2D eigenvalue weighted by Crippen LogP contribution is 2.44. The molecule has 0 fully saturated rings. The molecule has 4 heterocycles. The van der Waals surface area contributed by atoms with E-state index < -0.39 is 0 Å². The molecular weight excluding hydrogens is 396 g/mol. The number of hydrogen-bond donors (Lipinski definition) is 1. The zero-order valence-electron chi connectivity index (χ0n) is 16.7. The Morgan fingerprint density at radius 1 is 1.13 bits per heavy atom. The molecule has 0 saturated heterocycles. The van der Waals surface area contributed by atoms with Gasteiger partial charge in [0.1, 0.15) is 11.2 Å². The molecule has 3 aliphatic heterocycles. The van der Waals surface area contributed by atoms with Gasteiger partial charge in [-0.2, -0.15) is 0 Å². The minimum atomic E-state index is -0.0614. The summed E-state index contributed by atoms with van der Waals surface area (Å²) in [5.74, 6) is 1.79. The molecule has 3 aliphatic rings. The first-order chi connectivity index (χ1) is 14.7. The number of fused-ring (bicyclic) bond motifs is 5. The van der Waals surface area contributed by atoms with E-state index in [2.05, 4.69) is 59.6 Å². The van der Waals surface area contributed by atoms with E-state index in [0.29, 0.717) is 0 Å². The summed E-state index contributed by atoms with van der Waals surface area (Å²) < 4.78 is 11.0. The summed E-state index contributed by atoms with van der Waals surface area (Å²) in [5, 5.41) is 4.42. The molecule has 0 radical (unpaired) electrons. The van der Waals surface area contributed by atoms with E-state index >= 15 is 0 Å². The van der Waals surface area contributed by atoms with Crippen molar-refractivity contribution >= 4 is 22.2 Å². The molecular formula is C24H22N2O3S. The summed E-state index contributed by atoms with van der Waals surface area (Å²) in [7, 11) is 0. The third-order valence-corrected chi connectivity index (χ3v) is 7.62. The van der Waals surface area contributed by atoms with Crippen molar-refractivity contribution in [3.8, 4) is 11.5 Å². The Kier molecular flexibility index (Phi) is 4.03. The van der Waals surface area contributed by atoms with Crippen molar-refractivity contribution in [3.63, 3.8) is 0 Å². The fourth-order valence-corrected chi connectivity index (χ4v) is 5.95. The molecule has 2 unspecified atom stereocenters. The monoisotopic (exact) mass is 418 g/mol. The molecule has 5 nitrogen and oxygen atoms in total. The van der Waals surface area contributed by atoms with Crippen molar-refractivity contribution in [2.75, 3.05) is 11.7 Å². The number of nitrogens with zero attached hydrogens (tertiary/aromatic N) is 1. The average Bonchev–Trinajstić information content (AvgIpc) is 3.41. The Hall–Kier alpha value is -2.99. The topological polar surface area (TPSA) is 50.8 Å². The van der Waals surface area contributed by atoms with E-state index in [9.17, 15) is 4.79 Å². The van der Waals surface area contributed by atoms with Crippen LogP contribution >= 0.6 is 11.3 Å². The lowest BCUT2D eigenvalue weighted by Gasteiger charge is -2.46. The molecule has 30 heavy (non-hydrogen) atoms. The van der Waals surface area contributed by atoms with Gasteiger partial charge in [0.2, 0.25) is 6.79 Å². The molecule has 6 heteroatoms. The highest BCUT2D eigenvalue weighted by atomic mass is 32.1. The maximum atomic E-state index is 13.0. The predicted octanol–water partition coefficient (Wildman–Crippen LogP) is 4.46. The summed E-state index contributed by atoms with van der Waals surface area (Å²) >= 11 is 1.75. The Balaban J connectivity index is 1.42. The molecule has 2 aromatic carbocycles. The van der Waals surface area contributed by atoms with Gasteiger partial charge in [-0.3, -0.25) is 4.79 Å². The molecule has 1 aromatic heterocycles. The fourth-order valence-electron chi connectivity index (χ4n) is 4.82. The van der Waals surface area contributed by atoms with Crippen LogP contribution in [0, 0.1) is 0 Å². The van der Waals surface area contributed by atoms with E-state index in [1.54, 1.807) is 11.3 Å². The van der Waals surface area contributed by atoms with Gasteiger partial charge in [-0.25, -0.2) is 0 Å². The van der Waals surface area contributed by atoms with Crippen LogP contribution in [0.4, 0.5) is 5.00 Å². The van der Waals surface area contributed by atoms with Crippen LogP contribution < -0.4 is 19.7 Å². The standard InChI is InChI=1S/C24H22N2O3S/c1-2-16-11-19-23(27)25-22-18(9-14-7-8-20-21(10-14)29-13-28-20)17-6-4-3-5-15(17)12-26(22)24(19)30-16/h3-8,10-11,18,22H,2,9,12-13H2,1H3,(H,25,27). The molecule has 1 N–H and O–H groups in total. The van der Waals surface area contributed by atoms with Crippen molar-refractivity contribution in [2.45, 2.75) is 38.4 Å². The summed E-state index contributed by atoms with van der Waals surface area (Å²) in [4.78, 5) is 16.6. The lowest BCUT2D eigenvalue weighted by Crippen LogP contribution is -2.57. The van der Waals surface area contributed by atoms with Crippen LogP contribution in [0.25, 0.3) is 0 Å². The van der Waals surface area contributed by atoms with Crippen LogP contribution in [0.1, 0.15) is 44.8 Å². The molecule has 0 saturated carbocycles. The first-order valence-electron chi connectivity index (χ1n) is 10.4. The fraction of sp³-hybridized carbons (Fsp3) is 0.292. The number of carbonyl (C=O) groups is 1. The number of hydrogen-bond acceptors (Lipinski definition) is 5. The Morgan fingerprint density at radius 3 is 2.90 bits per heavy atom. The largest absolute Gasteiger partial charge is 0.454 e. The summed E-state index contributed by atoms with van der Waals surface area (Å²) in [5.41, 5.74) is 4.64. The minimum absolute atomic E-state index is 0.0391. The van der Waals surface area contributed by atoms with Crippen LogP contribution in [0.3, 0.4) is 0 Å². The number of anilines is 1. The molecule has 2 atom stereocenters. The van der Waals surface area contributed by atoms with Crippen LogP contribution in [0.15, 0.2) is 48.5 Å². The number of aryl methyl sites for hydroxylation is 1. The van der Waals surface area contributed by atoms with Crippen molar-refractivity contribution in [1.29, 1.82) is 0 Å². The van der Waals surface area contributed by atoms with E-state index in [-0.39, 0.29) is 24.8 Å². The Bertz CT molecular complexity index is 1160. The first kappa shape index (κ1) is 17.8. The van der Waals surface area contributed by atoms with E-state index in [1.165, 1.54) is 21.6 Å². The van der Waals surface area contributed by atoms with E-state index in [0.717, 1.165) is 41.4 Å². The smallest absolute Gasteiger partial charge is 0.255 e.